The summed E-state index contributed by atoms with van der Waals surface area (Å²) in [7, 11) is 0. The predicted octanol–water partition coefficient (Wildman–Crippen LogP) is 2.51. The van der Waals surface area contributed by atoms with Crippen molar-refractivity contribution >= 4 is 0 Å². The molecule has 0 radical (unpaired) electrons. The van der Waals surface area contributed by atoms with E-state index in [0.717, 1.165) is 37.7 Å². The highest BCUT2D eigenvalue weighted by Gasteiger charge is 2.13. The third kappa shape index (κ3) is 4.92. The normalized spacial score (nSPS) is 17.6. The number of hydrogen-bond donors (Lipinski definition) is 2. The molecule has 0 saturated heterocycles. The Hall–Kier alpha value is -0.640. The molecule has 0 aromatic carbocycles. The summed E-state index contributed by atoms with van der Waals surface area (Å²) < 4.78 is 0. The van der Waals surface area contributed by atoms with Crippen LogP contribution in [0.2, 0.25) is 0 Å². The van der Waals surface area contributed by atoms with Crippen LogP contribution in [0.5, 0.6) is 0 Å². The summed E-state index contributed by atoms with van der Waals surface area (Å²) in [6, 6.07) is 0. The molecule has 16 heavy (non-hydrogen) atoms. The van der Waals surface area contributed by atoms with Crippen molar-refractivity contribution in [2.45, 2.75) is 45.1 Å². The van der Waals surface area contributed by atoms with Crippen molar-refractivity contribution in [3.05, 3.63) is 23.8 Å². The Kier molecular flexibility index (Phi) is 6.38. The minimum atomic E-state index is -0.567. The van der Waals surface area contributed by atoms with Gasteiger partial charge in [-0.25, -0.2) is 0 Å². The topological polar surface area (TPSA) is 43.7 Å². The number of allylic oxidation sites excluding steroid dienone is 2. The molecule has 1 atom stereocenters. The summed E-state index contributed by atoms with van der Waals surface area (Å²) >= 11 is 0. The Morgan fingerprint density at radius 3 is 2.81 bits per heavy atom. The van der Waals surface area contributed by atoms with E-state index in [-0.39, 0.29) is 0 Å². The van der Waals surface area contributed by atoms with Crippen molar-refractivity contribution in [1.29, 1.82) is 0 Å². The van der Waals surface area contributed by atoms with E-state index in [9.17, 15) is 10.3 Å². The molecule has 92 valence electrons. The molecule has 0 fully saturated rings. The Balaban J connectivity index is 2.24. The number of rotatable bonds is 7. The number of aliphatic hydroxyl groups excluding tert-OH is 1. The van der Waals surface area contributed by atoms with E-state index in [1.807, 2.05) is 12.2 Å². The quantitative estimate of drug-likeness (QED) is 0.517. The number of hydrogen-bond acceptors (Lipinski definition) is 3. The largest absolute Gasteiger partial charge is 0.387 e. The van der Waals surface area contributed by atoms with Gasteiger partial charge in [0.15, 0.2) is 0 Å². The van der Waals surface area contributed by atoms with Crippen LogP contribution in [0.4, 0.5) is 0 Å². The van der Waals surface area contributed by atoms with Crippen molar-refractivity contribution in [3.63, 3.8) is 0 Å². The van der Waals surface area contributed by atoms with Crippen molar-refractivity contribution in [2.75, 3.05) is 13.1 Å². The molecule has 0 saturated carbocycles. The second-order valence-corrected chi connectivity index (χ2v) is 4.32. The van der Waals surface area contributed by atoms with Gasteiger partial charge in [0.25, 0.3) is 0 Å². The van der Waals surface area contributed by atoms with E-state index >= 15 is 0 Å². The molecule has 1 aliphatic rings. The summed E-state index contributed by atoms with van der Waals surface area (Å²) in [5, 5.41) is 20.7. The van der Waals surface area contributed by atoms with Gasteiger partial charge in [0.05, 0.1) is 12.6 Å². The third-order valence-corrected chi connectivity index (χ3v) is 2.81. The average Bonchev–Trinajstić information content (AvgIpc) is 2.30. The molecular weight excluding hydrogens is 202 g/mol. The van der Waals surface area contributed by atoms with Gasteiger partial charge in [-0.05, 0) is 24.8 Å². The Morgan fingerprint density at radius 2 is 2.19 bits per heavy atom. The zero-order valence-electron chi connectivity index (χ0n) is 10.1. The zero-order valence-corrected chi connectivity index (χ0v) is 10.1. The molecule has 3 nitrogen and oxygen atoms in total. The van der Waals surface area contributed by atoms with E-state index in [1.165, 1.54) is 5.06 Å². The van der Waals surface area contributed by atoms with Crippen LogP contribution < -0.4 is 0 Å². The minimum Gasteiger partial charge on any atom is -0.387 e. The smallest absolute Gasteiger partial charge is 0.0937 e. The summed E-state index contributed by atoms with van der Waals surface area (Å²) in [4.78, 5) is 0. The SMILES string of the molecule is CCCCCN(O)CC(O)C1=CCCC=C1. The number of nitrogens with zero attached hydrogens (tertiary/aromatic N) is 1. The fraction of sp³-hybridized carbons (Fsp3) is 0.692. The molecular formula is C13H23NO2. The second kappa shape index (κ2) is 7.60. The summed E-state index contributed by atoms with van der Waals surface area (Å²) in [5.41, 5.74) is 0.931. The van der Waals surface area contributed by atoms with Crippen LogP contribution >= 0.6 is 0 Å². The average molecular weight is 225 g/mol. The molecule has 0 bridgehead atoms. The van der Waals surface area contributed by atoms with Gasteiger partial charge in [0, 0.05) is 6.54 Å². The van der Waals surface area contributed by atoms with Crippen LogP contribution in [0.3, 0.4) is 0 Å². The minimum absolute atomic E-state index is 0.305. The van der Waals surface area contributed by atoms with Gasteiger partial charge in [0.1, 0.15) is 0 Å². The third-order valence-electron chi connectivity index (χ3n) is 2.81. The van der Waals surface area contributed by atoms with Crippen LogP contribution in [-0.4, -0.2) is 34.6 Å². The zero-order chi connectivity index (χ0) is 11.8. The molecule has 0 aromatic heterocycles. The second-order valence-electron chi connectivity index (χ2n) is 4.32. The molecule has 1 rings (SSSR count). The molecule has 0 aromatic rings. The van der Waals surface area contributed by atoms with E-state index in [0.29, 0.717) is 13.1 Å². The first-order valence-corrected chi connectivity index (χ1v) is 6.22. The van der Waals surface area contributed by atoms with Crippen molar-refractivity contribution in [1.82, 2.24) is 5.06 Å². The molecule has 3 heteroatoms. The Bertz CT molecular complexity index is 248. The van der Waals surface area contributed by atoms with Gasteiger partial charge >= 0.3 is 0 Å². The maximum absolute atomic E-state index is 9.88. The van der Waals surface area contributed by atoms with Crippen LogP contribution in [0.25, 0.3) is 0 Å². The summed E-state index contributed by atoms with van der Waals surface area (Å²) in [6.45, 7) is 3.08. The number of unbranched alkanes of at least 4 members (excludes halogenated alkanes) is 2. The van der Waals surface area contributed by atoms with Crippen molar-refractivity contribution in [3.8, 4) is 0 Å². The van der Waals surface area contributed by atoms with Crippen molar-refractivity contribution < 1.29 is 10.3 Å². The molecule has 0 aliphatic heterocycles. The lowest BCUT2D eigenvalue weighted by Gasteiger charge is -2.20. The van der Waals surface area contributed by atoms with Gasteiger partial charge in [-0.3, -0.25) is 0 Å². The van der Waals surface area contributed by atoms with Gasteiger partial charge in [-0.2, -0.15) is 5.06 Å². The van der Waals surface area contributed by atoms with Crippen LogP contribution in [0, 0.1) is 0 Å². The van der Waals surface area contributed by atoms with Gasteiger partial charge in [-0.1, -0.05) is 38.0 Å². The van der Waals surface area contributed by atoms with Crippen LogP contribution in [0.1, 0.15) is 39.0 Å². The van der Waals surface area contributed by atoms with Gasteiger partial charge < -0.3 is 10.3 Å². The first kappa shape index (κ1) is 13.4. The van der Waals surface area contributed by atoms with E-state index < -0.39 is 6.10 Å². The first-order chi connectivity index (χ1) is 7.74. The number of hydroxylamine groups is 2. The van der Waals surface area contributed by atoms with Crippen LogP contribution in [0.15, 0.2) is 23.8 Å². The fourth-order valence-electron chi connectivity index (χ4n) is 1.82. The molecule has 1 unspecified atom stereocenters. The van der Waals surface area contributed by atoms with Crippen LogP contribution in [-0.2, 0) is 0 Å². The molecule has 0 spiro atoms. The van der Waals surface area contributed by atoms with E-state index in [1.54, 1.807) is 0 Å². The molecule has 2 N–H and O–H groups in total. The highest BCUT2D eigenvalue weighted by molar-refractivity contribution is 5.26. The standard InChI is InChI=1S/C13H23NO2/c1-2-3-7-10-14(16)11-13(15)12-8-5-4-6-9-12/h5,8-9,13,15-16H,2-4,6-7,10-11H2,1H3. The highest BCUT2D eigenvalue weighted by Crippen LogP contribution is 2.14. The maximum atomic E-state index is 9.88. The monoisotopic (exact) mass is 225 g/mol. The summed E-state index contributed by atoms with van der Waals surface area (Å²) in [5.74, 6) is 0. The van der Waals surface area contributed by atoms with Crippen molar-refractivity contribution in [2.24, 2.45) is 0 Å². The predicted molar refractivity (Wildman–Crippen MR) is 65.3 cm³/mol. The van der Waals surface area contributed by atoms with Gasteiger partial charge in [-0.15, -0.1) is 0 Å². The highest BCUT2D eigenvalue weighted by atomic mass is 16.5. The van der Waals surface area contributed by atoms with E-state index in [2.05, 4.69) is 13.0 Å². The molecule has 0 heterocycles. The Labute approximate surface area is 98.0 Å². The fourth-order valence-corrected chi connectivity index (χ4v) is 1.82. The lowest BCUT2D eigenvalue weighted by molar-refractivity contribution is -0.109. The lowest BCUT2D eigenvalue weighted by atomic mass is 10.0. The van der Waals surface area contributed by atoms with Gasteiger partial charge in [0.2, 0.25) is 0 Å². The first-order valence-electron chi connectivity index (χ1n) is 6.22. The molecule has 0 amide bonds. The maximum Gasteiger partial charge on any atom is 0.0937 e. The Morgan fingerprint density at radius 1 is 1.38 bits per heavy atom. The molecule has 1 aliphatic carbocycles. The summed E-state index contributed by atoms with van der Waals surface area (Å²) in [6.07, 6.45) is 10.8. The van der Waals surface area contributed by atoms with E-state index in [4.69, 9.17) is 0 Å². The number of aliphatic hydroxyl groups is 1. The lowest BCUT2D eigenvalue weighted by Crippen LogP contribution is -2.31.